The number of hydrogen-bond acceptors (Lipinski definition) is 3. The standard InChI is InChI=1S/C13H19F3O3Si/c1-4-19-20(17-2,18-3)9-8-11-6-5-7-12(10-11)13(14,15)16/h5-7,10H,4,8-9H2,1-3H3. The molecule has 0 spiro atoms. The van der Waals surface area contributed by atoms with Crippen molar-refractivity contribution in [2.75, 3.05) is 20.8 Å². The second kappa shape index (κ2) is 7.21. The number of aryl methyl sites for hydroxylation is 1. The third kappa shape index (κ3) is 4.59. The van der Waals surface area contributed by atoms with E-state index < -0.39 is 20.5 Å². The third-order valence-corrected chi connectivity index (χ3v) is 5.80. The highest BCUT2D eigenvalue weighted by atomic mass is 28.4. The van der Waals surface area contributed by atoms with Gasteiger partial charge in [0, 0.05) is 26.9 Å². The summed E-state index contributed by atoms with van der Waals surface area (Å²) in [5.41, 5.74) is -0.0565. The average Bonchev–Trinajstić information content (AvgIpc) is 2.43. The molecular formula is C13H19F3O3Si. The molecule has 114 valence electrons. The molecule has 3 nitrogen and oxygen atoms in total. The van der Waals surface area contributed by atoms with E-state index in [9.17, 15) is 13.2 Å². The van der Waals surface area contributed by atoms with Gasteiger partial charge in [-0.25, -0.2) is 0 Å². The molecule has 1 rings (SSSR count). The van der Waals surface area contributed by atoms with Crippen molar-refractivity contribution in [2.24, 2.45) is 0 Å². The van der Waals surface area contributed by atoms with E-state index in [0.29, 0.717) is 24.6 Å². The van der Waals surface area contributed by atoms with E-state index in [-0.39, 0.29) is 0 Å². The lowest BCUT2D eigenvalue weighted by Gasteiger charge is -2.25. The summed E-state index contributed by atoms with van der Waals surface area (Å²) in [6.07, 6.45) is -3.91. The molecule has 0 aliphatic heterocycles. The highest BCUT2D eigenvalue weighted by Crippen LogP contribution is 2.30. The zero-order valence-corrected chi connectivity index (χ0v) is 12.8. The van der Waals surface area contributed by atoms with Gasteiger partial charge in [-0.1, -0.05) is 18.2 Å². The number of benzene rings is 1. The number of halogens is 3. The fourth-order valence-electron chi connectivity index (χ4n) is 1.90. The van der Waals surface area contributed by atoms with Crippen molar-refractivity contribution >= 4 is 8.80 Å². The zero-order chi connectivity index (χ0) is 15.2. The predicted molar refractivity (Wildman–Crippen MR) is 71.4 cm³/mol. The molecule has 7 heteroatoms. The number of alkyl halides is 3. The topological polar surface area (TPSA) is 27.7 Å². The van der Waals surface area contributed by atoms with Crippen LogP contribution in [0.25, 0.3) is 0 Å². The lowest BCUT2D eigenvalue weighted by atomic mass is 10.1. The van der Waals surface area contributed by atoms with E-state index in [0.717, 1.165) is 12.1 Å². The summed E-state index contributed by atoms with van der Waals surface area (Å²) in [7, 11) is 0.224. The van der Waals surface area contributed by atoms with Gasteiger partial charge in [-0.3, -0.25) is 0 Å². The van der Waals surface area contributed by atoms with Gasteiger partial charge in [-0.2, -0.15) is 13.2 Å². The first kappa shape index (κ1) is 17.2. The van der Waals surface area contributed by atoms with Crippen LogP contribution < -0.4 is 0 Å². The van der Waals surface area contributed by atoms with Crippen LogP contribution in [-0.4, -0.2) is 29.6 Å². The quantitative estimate of drug-likeness (QED) is 0.721. The van der Waals surface area contributed by atoms with Crippen molar-refractivity contribution in [1.29, 1.82) is 0 Å². The number of hydrogen-bond donors (Lipinski definition) is 0. The van der Waals surface area contributed by atoms with Gasteiger partial charge in [-0.05, 0) is 25.0 Å². The van der Waals surface area contributed by atoms with E-state index in [1.807, 2.05) is 6.92 Å². The number of rotatable bonds is 7. The Bertz CT molecular complexity index is 420. The Morgan fingerprint density at radius 2 is 1.80 bits per heavy atom. The van der Waals surface area contributed by atoms with E-state index in [2.05, 4.69) is 0 Å². The minimum absolute atomic E-state index is 0.415. The predicted octanol–water partition coefficient (Wildman–Crippen LogP) is 3.52. The summed E-state index contributed by atoms with van der Waals surface area (Å²) in [4.78, 5) is 0. The molecule has 0 amide bonds. The molecule has 1 aromatic rings. The largest absolute Gasteiger partial charge is 0.500 e. The van der Waals surface area contributed by atoms with Crippen molar-refractivity contribution in [1.82, 2.24) is 0 Å². The van der Waals surface area contributed by atoms with Crippen LogP contribution in [0, 0.1) is 0 Å². The molecule has 20 heavy (non-hydrogen) atoms. The van der Waals surface area contributed by atoms with Gasteiger partial charge in [0.1, 0.15) is 0 Å². The maximum atomic E-state index is 12.6. The molecule has 0 saturated heterocycles. The summed E-state index contributed by atoms with van der Waals surface area (Å²) in [5.74, 6) is 0. The molecule has 0 aromatic heterocycles. The fraction of sp³-hybridized carbons (Fsp3) is 0.538. The molecule has 0 saturated carbocycles. The van der Waals surface area contributed by atoms with E-state index >= 15 is 0 Å². The molecule has 0 unspecified atom stereocenters. The van der Waals surface area contributed by atoms with Gasteiger partial charge >= 0.3 is 15.0 Å². The first-order chi connectivity index (χ1) is 9.37. The minimum Gasteiger partial charge on any atom is -0.377 e. The second-order valence-electron chi connectivity index (χ2n) is 4.22. The average molecular weight is 308 g/mol. The Hall–Kier alpha value is -0.893. The maximum Gasteiger partial charge on any atom is 0.500 e. The van der Waals surface area contributed by atoms with Crippen LogP contribution in [0.3, 0.4) is 0 Å². The molecule has 0 atom stereocenters. The SMILES string of the molecule is CCO[Si](CCc1cccc(C(F)(F)F)c1)(OC)OC. The van der Waals surface area contributed by atoms with Crippen LogP contribution in [0.15, 0.2) is 24.3 Å². The van der Waals surface area contributed by atoms with Crippen molar-refractivity contribution in [3.05, 3.63) is 35.4 Å². The maximum absolute atomic E-state index is 12.6. The van der Waals surface area contributed by atoms with Crippen LogP contribution in [0.4, 0.5) is 13.2 Å². The Kier molecular flexibility index (Phi) is 6.19. The lowest BCUT2D eigenvalue weighted by molar-refractivity contribution is -0.137. The summed E-state index contributed by atoms with van der Waals surface area (Å²) in [6.45, 7) is 2.26. The van der Waals surface area contributed by atoms with Gasteiger partial charge in [0.05, 0.1) is 5.56 Å². The first-order valence-corrected chi connectivity index (χ1v) is 8.20. The highest BCUT2D eigenvalue weighted by molar-refractivity contribution is 6.60. The van der Waals surface area contributed by atoms with Crippen molar-refractivity contribution in [2.45, 2.75) is 25.6 Å². The first-order valence-electron chi connectivity index (χ1n) is 6.27. The van der Waals surface area contributed by atoms with Crippen molar-refractivity contribution < 1.29 is 26.4 Å². The molecule has 0 heterocycles. The summed E-state index contributed by atoms with van der Waals surface area (Å²) >= 11 is 0. The van der Waals surface area contributed by atoms with E-state index in [1.54, 1.807) is 6.07 Å². The monoisotopic (exact) mass is 308 g/mol. The zero-order valence-electron chi connectivity index (χ0n) is 11.8. The van der Waals surface area contributed by atoms with Gasteiger partial charge in [0.15, 0.2) is 0 Å². The molecule has 0 aliphatic carbocycles. The van der Waals surface area contributed by atoms with Crippen molar-refractivity contribution in [3.63, 3.8) is 0 Å². The molecule has 1 aromatic carbocycles. The molecule has 0 aliphatic rings. The van der Waals surface area contributed by atoms with Gasteiger partial charge < -0.3 is 13.3 Å². The summed E-state index contributed by atoms with van der Waals surface area (Å²) in [6, 6.07) is 5.71. The van der Waals surface area contributed by atoms with Gasteiger partial charge in [0.25, 0.3) is 0 Å². The summed E-state index contributed by atoms with van der Waals surface area (Å²) < 4.78 is 54.0. The fourth-order valence-corrected chi connectivity index (χ4v) is 3.89. The molecular weight excluding hydrogens is 289 g/mol. The molecule has 0 bridgehead atoms. The Labute approximate surface area is 118 Å². The van der Waals surface area contributed by atoms with Gasteiger partial charge in [-0.15, -0.1) is 0 Å². The Morgan fingerprint density at radius 1 is 1.15 bits per heavy atom. The van der Waals surface area contributed by atoms with Crippen molar-refractivity contribution in [3.8, 4) is 0 Å². The normalized spacial score (nSPS) is 12.7. The summed E-state index contributed by atoms with van der Waals surface area (Å²) in [5, 5.41) is 0. The van der Waals surface area contributed by atoms with Gasteiger partial charge in [0.2, 0.25) is 0 Å². The molecule has 0 N–H and O–H groups in total. The van der Waals surface area contributed by atoms with Crippen LogP contribution >= 0.6 is 0 Å². The lowest BCUT2D eigenvalue weighted by Crippen LogP contribution is -2.44. The van der Waals surface area contributed by atoms with Crippen LogP contribution in [0.2, 0.25) is 6.04 Å². The second-order valence-corrected chi connectivity index (χ2v) is 7.19. The Morgan fingerprint density at radius 3 is 2.30 bits per heavy atom. The van der Waals surface area contributed by atoms with Crippen LogP contribution in [0.5, 0.6) is 0 Å². The smallest absolute Gasteiger partial charge is 0.377 e. The molecule has 0 radical (unpaired) electrons. The van der Waals surface area contributed by atoms with E-state index in [1.165, 1.54) is 20.3 Å². The van der Waals surface area contributed by atoms with E-state index in [4.69, 9.17) is 13.3 Å². The molecule has 0 fully saturated rings. The Balaban J connectivity index is 2.78. The highest BCUT2D eigenvalue weighted by Gasteiger charge is 2.38. The minimum atomic E-state index is -4.33. The van der Waals surface area contributed by atoms with Crippen LogP contribution in [0.1, 0.15) is 18.1 Å². The van der Waals surface area contributed by atoms with Crippen LogP contribution in [-0.2, 0) is 25.9 Å². The third-order valence-electron chi connectivity index (χ3n) is 2.96.